The van der Waals surface area contributed by atoms with Gasteiger partial charge in [0, 0.05) is 25.6 Å². The largest absolute Gasteiger partial charge is 0.339 e. The molecule has 2 heterocycles. The highest BCUT2D eigenvalue weighted by atomic mass is 16.5. The van der Waals surface area contributed by atoms with Crippen molar-refractivity contribution >= 4 is 24.2 Å². The van der Waals surface area contributed by atoms with Crippen molar-refractivity contribution < 1.29 is 14.8 Å². The Morgan fingerprint density at radius 1 is 1.29 bits per heavy atom. The summed E-state index contributed by atoms with van der Waals surface area (Å²) in [6, 6.07) is 0.445. The molecule has 1 aliphatic heterocycles. The maximum absolute atomic E-state index is 12.7. The second-order valence-electron chi connectivity index (χ2n) is 8.12. The number of aromatic nitrogens is 3. The van der Waals surface area contributed by atoms with Crippen molar-refractivity contribution in [3.05, 3.63) is 5.82 Å². The third-order valence-corrected chi connectivity index (χ3v) is 5.52. The molecule has 0 spiro atoms. The summed E-state index contributed by atoms with van der Waals surface area (Å²) in [7, 11) is 4.13. The Bertz CT molecular complexity index is 718. The van der Waals surface area contributed by atoms with E-state index >= 15 is 0 Å². The third kappa shape index (κ3) is 7.59. The summed E-state index contributed by atoms with van der Waals surface area (Å²) < 4.78 is 0. The number of anilines is 2. The molecule has 2 rings (SSSR count). The number of hydroxylamine groups is 2. The van der Waals surface area contributed by atoms with E-state index in [0.717, 1.165) is 38.8 Å². The Hall–Kier alpha value is -2.53. The maximum Gasteiger partial charge on any atom is 0.246 e. The van der Waals surface area contributed by atoms with Crippen LogP contribution in [-0.4, -0.2) is 82.2 Å². The summed E-state index contributed by atoms with van der Waals surface area (Å²) in [5, 5.41) is 10.0. The molecule has 0 aliphatic carbocycles. The second-order valence-corrected chi connectivity index (χ2v) is 8.12. The van der Waals surface area contributed by atoms with Crippen LogP contribution in [0.3, 0.4) is 0 Å². The number of hydrogen-bond acceptors (Lipinski definition) is 9. The van der Waals surface area contributed by atoms with Gasteiger partial charge in [-0.1, -0.05) is 33.1 Å². The molecule has 0 bridgehead atoms. The SMILES string of the molecule is CCCCC[C@@H](CN(O)C=O)C(=O)NNc1nc(CC)nc(N2CC[C@@H](N(C)C)C2)n1. The number of hydrazine groups is 1. The molecule has 1 fully saturated rings. The number of rotatable bonds is 13. The summed E-state index contributed by atoms with van der Waals surface area (Å²) in [5.74, 6) is 0.630. The fraction of sp³-hybridized carbons (Fsp3) is 0.750. The van der Waals surface area contributed by atoms with Crippen molar-refractivity contribution in [3.8, 4) is 0 Å². The molecule has 0 unspecified atom stereocenters. The molecule has 0 radical (unpaired) electrons. The molecule has 1 aromatic heterocycles. The Morgan fingerprint density at radius 2 is 2.06 bits per heavy atom. The van der Waals surface area contributed by atoms with E-state index in [1.165, 1.54) is 0 Å². The summed E-state index contributed by atoms with van der Waals surface area (Å²) in [6.07, 6.45) is 5.37. The van der Waals surface area contributed by atoms with Gasteiger partial charge >= 0.3 is 0 Å². The first-order chi connectivity index (χ1) is 14.9. The zero-order valence-corrected chi connectivity index (χ0v) is 19.0. The first-order valence-electron chi connectivity index (χ1n) is 11.0. The van der Waals surface area contributed by atoms with E-state index in [0.29, 0.717) is 42.1 Å². The standard InChI is InChI=1S/C20H36N8O3/c1-5-7-8-9-15(12-28(31)14-29)18(30)24-25-19-21-17(6-2)22-20(23-19)27-11-10-16(13-27)26(3)4/h14-16,31H,5-13H2,1-4H3,(H,24,30)(H,21,22,23,25)/t15-,16+/m0/s1. The number of hydrogen-bond donors (Lipinski definition) is 3. The van der Waals surface area contributed by atoms with Crippen LogP contribution in [0, 0.1) is 5.92 Å². The minimum atomic E-state index is -0.541. The number of carbonyl (C=O) groups excluding carboxylic acids is 2. The number of carbonyl (C=O) groups is 2. The Morgan fingerprint density at radius 3 is 2.68 bits per heavy atom. The first-order valence-corrected chi connectivity index (χ1v) is 11.0. The summed E-state index contributed by atoms with van der Waals surface area (Å²) in [5.41, 5.74) is 5.42. The van der Waals surface area contributed by atoms with Crippen LogP contribution in [0.25, 0.3) is 0 Å². The van der Waals surface area contributed by atoms with Crippen molar-refractivity contribution in [2.75, 3.05) is 44.1 Å². The molecule has 11 nitrogen and oxygen atoms in total. The zero-order chi connectivity index (χ0) is 22.8. The highest BCUT2D eigenvalue weighted by Crippen LogP contribution is 2.20. The number of aryl methyl sites for hydroxylation is 1. The van der Waals surface area contributed by atoms with Gasteiger partial charge in [0.2, 0.25) is 24.2 Å². The molecule has 0 aromatic carbocycles. The molecular weight excluding hydrogens is 400 g/mol. The van der Waals surface area contributed by atoms with Crippen molar-refractivity contribution in [1.29, 1.82) is 0 Å². The molecule has 1 aliphatic rings. The lowest BCUT2D eigenvalue weighted by molar-refractivity contribution is -0.154. The molecular formula is C20H36N8O3. The minimum absolute atomic E-state index is 0.0664. The van der Waals surface area contributed by atoms with Crippen LogP contribution >= 0.6 is 0 Å². The molecule has 11 heteroatoms. The Balaban J connectivity index is 2.04. The molecule has 1 saturated heterocycles. The summed E-state index contributed by atoms with van der Waals surface area (Å²) >= 11 is 0. The quantitative estimate of drug-likeness (QED) is 0.180. The Kier molecular flexibility index (Phi) is 9.86. The lowest BCUT2D eigenvalue weighted by atomic mass is 10.0. The molecule has 1 aromatic rings. The average Bonchev–Trinajstić information content (AvgIpc) is 3.27. The van der Waals surface area contributed by atoms with E-state index in [9.17, 15) is 14.8 Å². The van der Waals surface area contributed by atoms with Crippen LogP contribution in [0.1, 0.15) is 51.8 Å². The van der Waals surface area contributed by atoms with Crippen molar-refractivity contribution in [2.45, 2.75) is 58.4 Å². The normalized spacial score (nSPS) is 17.0. The lowest BCUT2D eigenvalue weighted by Crippen LogP contribution is -2.40. The van der Waals surface area contributed by atoms with Gasteiger partial charge in [-0.25, -0.2) is 5.06 Å². The maximum atomic E-state index is 12.7. The van der Waals surface area contributed by atoms with Gasteiger partial charge in [-0.3, -0.25) is 25.6 Å². The average molecular weight is 437 g/mol. The highest BCUT2D eigenvalue weighted by molar-refractivity contribution is 5.80. The summed E-state index contributed by atoms with van der Waals surface area (Å²) in [6.45, 7) is 5.67. The minimum Gasteiger partial charge on any atom is -0.339 e. The van der Waals surface area contributed by atoms with Gasteiger partial charge in [0.05, 0.1) is 12.5 Å². The first kappa shape index (κ1) is 24.7. The molecule has 3 N–H and O–H groups in total. The van der Waals surface area contributed by atoms with Crippen molar-refractivity contribution in [1.82, 2.24) is 30.3 Å². The monoisotopic (exact) mass is 436 g/mol. The number of nitrogens with zero attached hydrogens (tertiary/aromatic N) is 6. The van der Waals surface area contributed by atoms with Gasteiger partial charge in [-0.15, -0.1) is 0 Å². The van der Waals surface area contributed by atoms with Gasteiger partial charge in [0.25, 0.3) is 0 Å². The van der Waals surface area contributed by atoms with Crippen molar-refractivity contribution in [2.24, 2.45) is 5.92 Å². The van der Waals surface area contributed by atoms with E-state index in [1.807, 2.05) is 6.92 Å². The Labute approximate surface area is 184 Å². The van der Waals surface area contributed by atoms with Crippen LogP contribution in [0.15, 0.2) is 0 Å². The zero-order valence-electron chi connectivity index (χ0n) is 19.0. The molecule has 174 valence electrons. The van der Waals surface area contributed by atoms with Gasteiger partial charge in [0.1, 0.15) is 5.82 Å². The predicted molar refractivity (Wildman–Crippen MR) is 117 cm³/mol. The fourth-order valence-corrected chi connectivity index (χ4v) is 3.54. The van der Waals surface area contributed by atoms with E-state index in [-0.39, 0.29) is 18.4 Å². The third-order valence-electron chi connectivity index (χ3n) is 5.52. The van der Waals surface area contributed by atoms with Gasteiger partial charge in [0.15, 0.2) is 0 Å². The smallest absolute Gasteiger partial charge is 0.246 e. The van der Waals surface area contributed by atoms with Crippen molar-refractivity contribution in [3.63, 3.8) is 0 Å². The number of amides is 2. The lowest BCUT2D eigenvalue weighted by Gasteiger charge is -2.21. The van der Waals surface area contributed by atoms with Gasteiger partial charge in [-0.2, -0.15) is 15.0 Å². The van der Waals surface area contributed by atoms with Crippen LogP contribution in [0.5, 0.6) is 0 Å². The number of unbranched alkanes of at least 4 members (excludes halogenated alkanes) is 2. The number of likely N-dealkylation sites (N-methyl/N-ethyl adjacent to an activating group) is 1. The van der Waals surface area contributed by atoms with Crippen LogP contribution in [0.2, 0.25) is 0 Å². The van der Waals surface area contributed by atoms with Crippen LogP contribution in [0.4, 0.5) is 11.9 Å². The van der Waals surface area contributed by atoms with E-state index < -0.39 is 5.92 Å². The summed E-state index contributed by atoms with van der Waals surface area (Å²) in [4.78, 5) is 41.1. The number of nitrogens with one attached hydrogen (secondary N) is 2. The van der Waals surface area contributed by atoms with E-state index in [4.69, 9.17) is 0 Å². The molecule has 2 atom stereocenters. The van der Waals surface area contributed by atoms with Crippen LogP contribution in [-0.2, 0) is 16.0 Å². The predicted octanol–water partition coefficient (Wildman–Crippen LogP) is 1.06. The molecule has 31 heavy (non-hydrogen) atoms. The molecule has 2 amide bonds. The van der Waals surface area contributed by atoms with E-state index in [2.05, 4.69) is 56.6 Å². The van der Waals surface area contributed by atoms with E-state index in [1.54, 1.807) is 0 Å². The fourth-order valence-electron chi connectivity index (χ4n) is 3.54. The highest BCUT2D eigenvalue weighted by Gasteiger charge is 2.27. The van der Waals surface area contributed by atoms with Gasteiger partial charge in [-0.05, 0) is 26.9 Å². The van der Waals surface area contributed by atoms with Gasteiger partial charge < -0.3 is 9.80 Å². The molecule has 0 saturated carbocycles. The second kappa shape index (κ2) is 12.4. The van der Waals surface area contributed by atoms with Crippen LogP contribution < -0.4 is 15.8 Å². The topological polar surface area (TPSA) is 127 Å².